The van der Waals surface area contributed by atoms with Gasteiger partial charge in [0.25, 0.3) is 0 Å². The molecule has 0 aromatic heterocycles. The van der Waals surface area contributed by atoms with Gasteiger partial charge < -0.3 is 4.74 Å². The van der Waals surface area contributed by atoms with Gasteiger partial charge >= 0.3 is 0 Å². The molecule has 0 amide bonds. The van der Waals surface area contributed by atoms with Gasteiger partial charge in [-0.1, -0.05) is 20.8 Å². The van der Waals surface area contributed by atoms with E-state index in [-0.39, 0.29) is 0 Å². The normalized spacial score (nSPS) is 36.2. The zero-order valence-electron chi connectivity index (χ0n) is 8.47. The van der Waals surface area contributed by atoms with Gasteiger partial charge in [0, 0.05) is 0 Å². The van der Waals surface area contributed by atoms with E-state index in [9.17, 15) is 0 Å². The van der Waals surface area contributed by atoms with E-state index in [1.807, 2.05) is 0 Å². The molecule has 2 rings (SSSR count). The maximum absolute atomic E-state index is 5.82. The van der Waals surface area contributed by atoms with E-state index in [0.29, 0.717) is 17.6 Å². The third-order valence-corrected chi connectivity index (χ3v) is 3.23. The Hall–Kier alpha value is -0.0400. The van der Waals surface area contributed by atoms with E-state index in [4.69, 9.17) is 4.74 Å². The van der Waals surface area contributed by atoms with Crippen LogP contribution in [0.15, 0.2) is 0 Å². The second-order valence-corrected chi connectivity index (χ2v) is 5.49. The van der Waals surface area contributed by atoms with Crippen molar-refractivity contribution in [3.8, 4) is 0 Å². The van der Waals surface area contributed by atoms with Crippen LogP contribution in [0.2, 0.25) is 0 Å². The summed E-state index contributed by atoms with van der Waals surface area (Å²) in [6.45, 7) is 7.01. The molecule has 1 nitrogen and oxygen atoms in total. The second-order valence-electron chi connectivity index (χ2n) is 5.49. The van der Waals surface area contributed by atoms with Gasteiger partial charge in [0.2, 0.25) is 0 Å². The summed E-state index contributed by atoms with van der Waals surface area (Å²) in [4.78, 5) is 0. The summed E-state index contributed by atoms with van der Waals surface area (Å²) in [5.74, 6) is 0.904. The van der Waals surface area contributed by atoms with Gasteiger partial charge in [0.1, 0.15) is 0 Å². The molecule has 0 bridgehead atoms. The van der Waals surface area contributed by atoms with Crippen molar-refractivity contribution in [3.63, 3.8) is 0 Å². The SMILES string of the molecule is CC(C)(C)C1CC(OC2CC2)C1. The Bertz CT molecular complexity index is 158. The van der Waals surface area contributed by atoms with Crippen molar-refractivity contribution in [2.45, 2.75) is 58.7 Å². The molecule has 0 N–H and O–H groups in total. The predicted octanol–water partition coefficient (Wildman–Crippen LogP) is 2.99. The van der Waals surface area contributed by atoms with Crippen LogP contribution in [0.25, 0.3) is 0 Å². The molecule has 0 radical (unpaired) electrons. The molecular formula is C11H20O. The van der Waals surface area contributed by atoms with Crippen LogP contribution < -0.4 is 0 Å². The molecular weight excluding hydrogens is 148 g/mol. The van der Waals surface area contributed by atoms with Crippen molar-refractivity contribution < 1.29 is 4.74 Å². The van der Waals surface area contributed by atoms with E-state index in [2.05, 4.69) is 20.8 Å². The highest BCUT2D eigenvalue weighted by Gasteiger charge is 2.40. The zero-order valence-corrected chi connectivity index (χ0v) is 8.47. The Balaban J connectivity index is 1.68. The third kappa shape index (κ3) is 1.82. The molecule has 0 aromatic rings. The molecule has 0 aliphatic heterocycles. The first-order valence-corrected chi connectivity index (χ1v) is 5.21. The molecule has 0 atom stereocenters. The summed E-state index contributed by atoms with van der Waals surface area (Å²) in [5.41, 5.74) is 0.503. The Morgan fingerprint density at radius 3 is 2.00 bits per heavy atom. The van der Waals surface area contributed by atoms with Crippen molar-refractivity contribution in [1.29, 1.82) is 0 Å². The van der Waals surface area contributed by atoms with Crippen LogP contribution in [0.5, 0.6) is 0 Å². The highest BCUT2D eigenvalue weighted by molar-refractivity contribution is 4.89. The summed E-state index contributed by atoms with van der Waals surface area (Å²) in [6.07, 6.45) is 6.51. The largest absolute Gasteiger partial charge is 0.375 e. The van der Waals surface area contributed by atoms with E-state index in [1.165, 1.54) is 25.7 Å². The molecule has 2 saturated carbocycles. The third-order valence-electron chi connectivity index (χ3n) is 3.23. The van der Waals surface area contributed by atoms with Crippen LogP contribution in [0.1, 0.15) is 46.5 Å². The second kappa shape index (κ2) is 2.73. The van der Waals surface area contributed by atoms with Crippen molar-refractivity contribution >= 4 is 0 Å². The van der Waals surface area contributed by atoms with Gasteiger partial charge in [-0.15, -0.1) is 0 Å². The van der Waals surface area contributed by atoms with Crippen molar-refractivity contribution in [1.82, 2.24) is 0 Å². The highest BCUT2D eigenvalue weighted by atomic mass is 16.5. The Labute approximate surface area is 75.5 Å². The molecule has 0 aromatic carbocycles. The lowest BCUT2D eigenvalue weighted by Crippen LogP contribution is -2.39. The van der Waals surface area contributed by atoms with Crippen LogP contribution >= 0.6 is 0 Å². The Morgan fingerprint density at radius 2 is 1.58 bits per heavy atom. The molecule has 0 spiro atoms. The van der Waals surface area contributed by atoms with E-state index in [1.54, 1.807) is 0 Å². The summed E-state index contributed by atoms with van der Waals surface area (Å²) >= 11 is 0. The Morgan fingerprint density at radius 1 is 1.00 bits per heavy atom. The zero-order chi connectivity index (χ0) is 8.77. The number of ether oxygens (including phenoxy) is 1. The standard InChI is InChI=1S/C11H20O/c1-11(2,3)8-6-10(7-8)12-9-4-5-9/h8-10H,4-7H2,1-3H3. The van der Waals surface area contributed by atoms with E-state index in [0.717, 1.165) is 5.92 Å². The summed E-state index contributed by atoms with van der Waals surface area (Å²) in [6, 6.07) is 0. The van der Waals surface area contributed by atoms with Crippen LogP contribution in [-0.2, 0) is 4.74 Å². The average molecular weight is 168 g/mol. The molecule has 70 valence electrons. The fourth-order valence-corrected chi connectivity index (χ4v) is 1.86. The molecule has 2 aliphatic carbocycles. The van der Waals surface area contributed by atoms with Crippen molar-refractivity contribution in [2.75, 3.05) is 0 Å². The maximum Gasteiger partial charge on any atom is 0.0584 e. The Kier molecular flexibility index (Phi) is 1.95. The van der Waals surface area contributed by atoms with Crippen LogP contribution in [0.3, 0.4) is 0 Å². The smallest absolute Gasteiger partial charge is 0.0584 e. The summed E-state index contributed by atoms with van der Waals surface area (Å²) in [5, 5.41) is 0. The quantitative estimate of drug-likeness (QED) is 0.616. The lowest BCUT2D eigenvalue weighted by atomic mass is 9.67. The first kappa shape index (κ1) is 8.55. The highest BCUT2D eigenvalue weighted by Crippen LogP contribution is 2.44. The van der Waals surface area contributed by atoms with Crippen molar-refractivity contribution in [2.24, 2.45) is 11.3 Å². The fourth-order valence-electron chi connectivity index (χ4n) is 1.86. The minimum absolute atomic E-state index is 0.503. The lowest BCUT2D eigenvalue weighted by molar-refractivity contribution is -0.0697. The minimum atomic E-state index is 0.503. The van der Waals surface area contributed by atoms with Crippen molar-refractivity contribution in [3.05, 3.63) is 0 Å². The van der Waals surface area contributed by atoms with Gasteiger partial charge in [-0.2, -0.15) is 0 Å². The van der Waals surface area contributed by atoms with Gasteiger partial charge in [0.15, 0.2) is 0 Å². The maximum atomic E-state index is 5.82. The molecule has 0 unspecified atom stereocenters. The minimum Gasteiger partial charge on any atom is -0.375 e. The molecule has 0 heterocycles. The van der Waals surface area contributed by atoms with E-state index >= 15 is 0 Å². The first-order valence-electron chi connectivity index (χ1n) is 5.21. The van der Waals surface area contributed by atoms with E-state index < -0.39 is 0 Å². The van der Waals surface area contributed by atoms with Crippen LogP contribution in [0.4, 0.5) is 0 Å². The molecule has 12 heavy (non-hydrogen) atoms. The molecule has 0 saturated heterocycles. The van der Waals surface area contributed by atoms with Gasteiger partial charge in [0.05, 0.1) is 12.2 Å². The topological polar surface area (TPSA) is 9.23 Å². The number of hydrogen-bond acceptors (Lipinski definition) is 1. The fraction of sp³-hybridized carbons (Fsp3) is 1.00. The molecule has 2 fully saturated rings. The first-order chi connectivity index (χ1) is 5.55. The monoisotopic (exact) mass is 168 g/mol. The van der Waals surface area contributed by atoms with Gasteiger partial charge in [-0.3, -0.25) is 0 Å². The molecule has 1 heteroatoms. The predicted molar refractivity (Wildman–Crippen MR) is 50.1 cm³/mol. The average Bonchev–Trinajstić information content (AvgIpc) is 2.56. The summed E-state index contributed by atoms with van der Waals surface area (Å²) in [7, 11) is 0. The summed E-state index contributed by atoms with van der Waals surface area (Å²) < 4.78 is 5.82. The lowest BCUT2D eigenvalue weighted by Gasteiger charge is -2.43. The van der Waals surface area contributed by atoms with Gasteiger partial charge in [-0.25, -0.2) is 0 Å². The van der Waals surface area contributed by atoms with Crippen LogP contribution in [0, 0.1) is 11.3 Å². The van der Waals surface area contributed by atoms with Crippen LogP contribution in [-0.4, -0.2) is 12.2 Å². The molecule has 2 aliphatic rings. The number of hydrogen-bond donors (Lipinski definition) is 0. The van der Waals surface area contributed by atoms with Gasteiger partial charge in [-0.05, 0) is 37.0 Å². The number of rotatable bonds is 2.